The molecule has 0 bridgehead atoms. The third-order valence-corrected chi connectivity index (χ3v) is 6.13. The molecule has 2 unspecified atom stereocenters. The van der Waals surface area contributed by atoms with Crippen LogP contribution in [0.4, 0.5) is 0 Å². The van der Waals surface area contributed by atoms with Crippen LogP contribution in [0.15, 0.2) is 24.3 Å². The highest BCUT2D eigenvalue weighted by Gasteiger charge is 2.40. The summed E-state index contributed by atoms with van der Waals surface area (Å²) < 4.78 is 0. The Labute approximate surface area is 136 Å². The van der Waals surface area contributed by atoms with Crippen LogP contribution in [0, 0.1) is 11.3 Å². The Bertz CT molecular complexity index is 538. The fourth-order valence-electron chi connectivity index (χ4n) is 3.07. The molecule has 0 heterocycles. The van der Waals surface area contributed by atoms with Crippen LogP contribution in [-0.2, 0) is 5.75 Å². The van der Waals surface area contributed by atoms with Gasteiger partial charge in [-0.1, -0.05) is 29.8 Å². The molecule has 2 aliphatic rings. The summed E-state index contributed by atoms with van der Waals surface area (Å²) in [5.41, 5.74) is 0.921. The Balaban J connectivity index is 1.58. The maximum absolute atomic E-state index is 9.62. The minimum atomic E-state index is -0.280. The van der Waals surface area contributed by atoms with Crippen LogP contribution in [-0.4, -0.2) is 16.8 Å². The molecule has 2 fully saturated rings. The van der Waals surface area contributed by atoms with E-state index in [4.69, 9.17) is 11.6 Å². The molecule has 1 N–H and O–H groups in total. The lowest BCUT2D eigenvalue weighted by Gasteiger charge is -2.36. The molecule has 2 atom stereocenters. The zero-order chi connectivity index (χ0) is 14.7. The number of thioether (sulfide) groups is 1. The van der Waals surface area contributed by atoms with Crippen molar-refractivity contribution >= 4 is 23.4 Å². The van der Waals surface area contributed by atoms with Crippen LogP contribution >= 0.6 is 23.4 Å². The molecular weight excluding hydrogens is 300 g/mol. The van der Waals surface area contributed by atoms with Gasteiger partial charge >= 0.3 is 0 Å². The predicted molar refractivity (Wildman–Crippen MR) is 89.5 cm³/mol. The van der Waals surface area contributed by atoms with Gasteiger partial charge in [-0.25, -0.2) is 0 Å². The van der Waals surface area contributed by atoms with Crippen molar-refractivity contribution in [3.8, 4) is 6.07 Å². The summed E-state index contributed by atoms with van der Waals surface area (Å²) >= 11 is 8.18. The molecule has 0 saturated heterocycles. The second-order valence-corrected chi connectivity index (χ2v) is 7.93. The van der Waals surface area contributed by atoms with E-state index in [2.05, 4.69) is 17.5 Å². The summed E-state index contributed by atoms with van der Waals surface area (Å²) in [6.07, 6.45) is 6.80. The maximum atomic E-state index is 9.62. The van der Waals surface area contributed by atoms with Crippen molar-refractivity contribution in [1.29, 1.82) is 5.26 Å². The summed E-state index contributed by atoms with van der Waals surface area (Å²) in [7, 11) is 0. The molecule has 0 aliphatic heterocycles. The third kappa shape index (κ3) is 3.94. The van der Waals surface area contributed by atoms with Gasteiger partial charge in [-0.3, -0.25) is 5.32 Å². The molecule has 0 aromatic heterocycles. The van der Waals surface area contributed by atoms with Crippen molar-refractivity contribution in [2.45, 2.75) is 61.1 Å². The minimum absolute atomic E-state index is 0.280. The number of halogens is 1. The lowest BCUT2D eigenvalue weighted by molar-refractivity contribution is 0.301. The van der Waals surface area contributed by atoms with Gasteiger partial charge in [0.1, 0.15) is 5.54 Å². The SMILES string of the molecule is N#CC1(NC2CC2)CCCC(SCc2ccccc2Cl)C1. The standard InChI is InChI=1S/C17H21ClN2S/c18-16-6-2-1-4-13(16)11-21-15-5-3-9-17(10-15,12-19)20-14-7-8-14/h1-2,4,6,14-15,20H,3,5,7-11H2. The van der Waals surface area contributed by atoms with Crippen molar-refractivity contribution in [2.75, 3.05) is 0 Å². The van der Waals surface area contributed by atoms with E-state index >= 15 is 0 Å². The number of hydrogen-bond donors (Lipinski definition) is 1. The van der Waals surface area contributed by atoms with Crippen molar-refractivity contribution in [2.24, 2.45) is 0 Å². The smallest absolute Gasteiger partial charge is 0.108 e. The quantitative estimate of drug-likeness (QED) is 0.865. The number of hydrogen-bond acceptors (Lipinski definition) is 3. The molecule has 3 rings (SSSR count). The molecule has 21 heavy (non-hydrogen) atoms. The van der Waals surface area contributed by atoms with E-state index in [1.165, 1.54) is 24.8 Å². The molecular formula is C17H21ClN2S. The number of nitrogens with zero attached hydrogens (tertiary/aromatic N) is 1. The lowest BCUT2D eigenvalue weighted by atomic mass is 9.82. The zero-order valence-corrected chi connectivity index (χ0v) is 13.7. The van der Waals surface area contributed by atoms with Gasteiger partial charge in [-0.2, -0.15) is 17.0 Å². The van der Waals surface area contributed by atoms with E-state index in [1.54, 1.807) is 0 Å². The highest BCUT2D eigenvalue weighted by Crippen LogP contribution is 2.38. The largest absolute Gasteiger partial charge is 0.297 e. The van der Waals surface area contributed by atoms with Crippen molar-refractivity contribution in [3.63, 3.8) is 0 Å². The number of rotatable bonds is 5. The highest BCUT2D eigenvalue weighted by atomic mass is 35.5. The molecule has 1 aromatic rings. The summed E-state index contributed by atoms with van der Waals surface area (Å²) in [6.45, 7) is 0. The van der Waals surface area contributed by atoms with E-state index in [0.717, 1.165) is 30.0 Å². The summed E-state index contributed by atoms with van der Waals surface area (Å²) in [5, 5.41) is 14.6. The third-order valence-electron chi connectivity index (χ3n) is 4.41. The van der Waals surface area contributed by atoms with E-state index in [9.17, 15) is 5.26 Å². The Morgan fingerprint density at radius 1 is 1.33 bits per heavy atom. The minimum Gasteiger partial charge on any atom is -0.297 e. The maximum Gasteiger partial charge on any atom is 0.108 e. The molecule has 1 aromatic carbocycles. The second kappa shape index (κ2) is 6.60. The zero-order valence-electron chi connectivity index (χ0n) is 12.1. The van der Waals surface area contributed by atoms with E-state index < -0.39 is 0 Å². The topological polar surface area (TPSA) is 35.8 Å². The van der Waals surface area contributed by atoms with Crippen LogP contribution in [0.1, 0.15) is 44.1 Å². The van der Waals surface area contributed by atoms with Crippen LogP contribution in [0.2, 0.25) is 5.02 Å². The molecule has 0 spiro atoms. The Morgan fingerprint density at radius 3 is 2.86 bits per heavy atom. The second-order valence-electron chi connectivity index (χ2n) is 6.23. The molecule has 2 nitrogen and oxygen atoms in total. The number of benzene rings is 1. The van der Waals surface area contributed by atoms with E-state index in [-0.39, 0.29) is 5.54 Å². The van der Waals surface area contributed by atoms with E-state index in [0.29, 0.717) is 11.3 Å². The summed E-state index contributed by atoms with van der Waals surface area (Å²) in [6, 6.07) is 11.2. The van der Waals surface area contributed by atoms with Crippen molar-refractivity contribution in [3.05, 3.63) is 34.9 Å². The van der Waals surface area contributed by atoms with Gasteiger partial charge in [0.2, 0.25) is 0 Å². The first-order valence-electron chi connectivity index (χ1n) is 7.75. The van der Waals surface area contributed by atoms with Crippen molar-refractivity contribution in [1.82, 2.24) is 5.32 Å². The van der Waals surface area contributed by atoms with Crippen LogP contribution in [0.25, 0.3) is 0 Å². The van der Waals surface area contributed by atoms with Gasteiger partial charge in [-0.05, 0) is 50.2 Å². The van der Waals surface area contributed by atoms with Gasteiger partial charge in [0.15, 0.2) is 0 Å². The summed E-state index contributed by atoms with van der Waals surface area (Å²) in [5.74, 6) is 0.940. The van der Waals surface area contributed by atoms with Crippen molar-refractivity contribution < 1.29 is 0 Å². The molecule has 0 radical (unpaired) electrons. The number of nitriles is 1. The van der Waals surface area contributed by atoms with Gasteiger partial charge < -0.3 is 0 Å². The fourth-order valence-corrected chi connectivity index (χ4v) is 4.76. The van der Waals surface area contributed by atoms with Crippen LogP contribution in [0.3, 0.4) is 0 Å². The molecule has 0 amide bonds. The highest BCUT2D eigenvalue weighted by molar-refractivity contribution is 7.99. The first-order chi connectivity index (χ1) is 10.2. The van der Waals surface area contributed by atoms with Gasteiger partial charge in [0, 0.05) is 22.1 Å². The molecule has 112 valence electrons. The Kier molecular flexibility index (Phi) is 4.78. The lowest BCUT2D eigenvalue weighted by Crippen LogP contribution is -2.49. The van der Waals surface area contributed by atoms with Gasteiger partial charge in [-0.15, -0.1) is 0 Å². The first kappa shape index (κ1) is 15.2. The monoisotopic (exact) mass is 320 g/mol. The average molecular weight is 321 g/mol. The molecule has 4 heteroatoms. The number of nitrogens with one attached hydrogen (secondary N) is 1. The first-order valence-corrected chi connectivity index (χ1v) is 9.17. The van der Waals surface area contributed by atoms with Gasteiger partial charge in [0.25, 0.3) is 0 Å². The normalized spacial score (nSPS) is 29.0. The van der Waals surface area contributed by atoms with Crippen LogP contribution in [0.5, 0.6) is 0 Å². The molecule has 2 aliphatic carbocycles. The average Bonchev–Trinajstić information content (AvgIpc) is 3.31. The van der Waals surface area contributed by atoms with Gasteiger partial charge in [0.05, 0.1) is 6.07 Å². The predicted octanol–water partition coefficient (Wildman–Crippen LogP) is 4.53. The van der Waals surface area contributed by atoms with E-state index in [1.807, 2.05) is 30.0 Å². The fraction of sp³-hybridized carbons (Fsp3) is 0.588. The Hall–Kier alpha value is -0.690. The molecule has 2 saturated carbocycles. The summed E-state index contributed by atoms with van der Waals surface area (Å²) in [4.78, 5) is 0. The Morgan fingerprint density at radius 2 is 2.14 bits per heavy atom. The van der Waals surface area contributed by atoms with Crippen LogP contribution < -0.4 is 5.32 Å².